The predicted octanol–water partition coefficient (Wildman–Crippen LogP) is 3.77. The molecule has 0 saturated heterocycles. The lowest BCUT2D eigenvalue weighted by Gasteiger charge is -2.44. The molecule has 0 radical (unpaired) electrons. The van der Waals surface area contributed by atoms with Gasteiger partial charge in [-0.2, -0.15) is 0 Å². The van der Waals surface area contributed by atoms with Crippen LogP contribution in [0.1, 0.15) is 66.2 Å². The van der Waals surface area contributed by atoms with Crippen LogP contribution in [0.15, 0.2) is 0 Å². The topological polar surface area (TPSA) is 30.5 Å². The van der Waals surface area contributed by atoms with Gasteiger partial charge in [-0.25, -0.2) is 0 Å². The summed E-state index contributed by atoms with van der Waals surface area (Å²) in [5.74, 6) is 0.722. The molecule has 0 amide bonds. The molecule has 1 N–H and O–H groups in total. The van der Waals surface area contributed by atoms with Gasteiger partial charge in [0.15, 0.2) is 0 Å². The molecule has 3 nitrogen and oxygen atoms in total. The first kappa shape index (κ1) is 17.9. The van der Waals surface area contributed by atoms with Crippen LogP contribution in [-0.2, 0) is 9.47 Å². The van der Waals surface area contributed by atoms with Gasteiger partial charge in [-0.15, -0.1) is 0 Å². The summed E-state index contributed by atoms with van der Waals surface area (Å²) in [5, 5.41) is 3.56. The third-order valence-electron chi connectivity index (χ3n) is 4.35. The lowest BCUT2D eigenvalue weighted by molar-refractivity contribution is -0.150. The van der Waals surface area contributed by atoms with Gasteiger partial charge in [0.1, 0.15) is 0 Å². The van der Waals surface area contributed by atoms with E-state index < -0.39 is 0 Å². The number of unbranched alkanes of at least 4 members (excludes halogenated alkanes) is 1. The fourth-order valence-electron chi connectivity index (χ4n) is 2.85. The molecule has 1 saturated carbocycles. The maximum Gasteiger partial charge on any atom is 0.0990 e. The van der Waals surface area contributed by atoms with E-state index in [1.54, 1.807) is 0 Å². The Bertz CT molecular complexity index is 235. The third kappa shape index (κ3) is 5.71. The second-order valence-corrected chi connectivity index (χ2v) is 6.00. The van der Waals surface area contributed by atoms with E-state index in [4.69, 9.17) is 9.47 Å². The van der Waals surface area contributed by atoms with E-state index in [1.165, 1.54) is 32.1 Å². The van der Waals surface area contributed by atoms with Crippen molar-refractivity contribution in [3.05, 3.63) is 0 Å². The fourth-order valence-corrected chi connectivity index (χ4v) is 2.85. The SMILES string of the molecule is CCCCC(CC)COC1CC(NCCC)C1OCC. The second-order valence-electron chi connectivity index (χ2n) is 6.00. The van der Waals surface area contributed by atoms with E-state index in [2.05, 4.69) is 33.0 Å². The standard InChI is InChI=1S/C17H35NO2/c1-5-9-10-14(7-3)13-20-16-12-15(18-11-6-2)17(16)19-8-4/h14-18H,5-13H2,1-4H3. The molecule has 0 bridgehead atoms. The van der Waals surface area contributed by atoms with Gasteiger partial charge in [0.25, 0.3) is 0 Å². The highest BCUT2D eigenvalue weighted by molar-refractivity contribution is 4.97. The Morgan fingerprint density at radius 1 is 1.10 bits per heavy atom. The summed E-state index contributed by atoms with van der Waals surface area (Å²) in [6.45, 7) is 11.6. The molecule has 1 rings (SSSR count). The van der Waals surface area contributed by atoms with Gasteiger partial charge in [-0.3, -0.25) is 0 Å². The van der Waals surface area contributed by atoms with Crippen LogP contribution in [0.5, 0.6) is 0 Å². The molecule has 3 heteroatoms. The molecule has 0 aliphatic heterocycles. The van der Waals surface area contributed by atoms with Crippen LogP contribution in [0.25, 0.3) is 0 Å². The van der Waals surface area contributed by atoms with Gasteiger partial charge in [0.05, 0.1) is 12.2 Å². The van der Waals surface area contributed by atoms with E-state index in [-0.39, 0.29) is 6.10 Å². The first-order valence-corrected chi connectivity index (χ1v) is 8.73. The van der Waals surface area contributed by atoms with Gasteiger partial charge >= 0.3 is 0 Å². The molecule has 1 aliphatic carbocycles. The van der Waals surface area contributed by atoms with Crippen molar-refractivity contribution in [2.75, 3.05) is 19.8 Å². The molecule has 0 aromatic rings. The van der Waals surface area contributed by atoms with E-state index in [0.29, 0.717) is 12.1 Å². The molecule has 20 heavy (non-hydrogen) atoms. The van der Waals surface area contributed by atoms with Crippen LogP contribution in [-0.4, -0.2) is 38.0 Å². The molecular weight excluding hydrogens is 250 g/mol. The lowest BCUT2D eigenvalue weighted by atomic mass is 9.85. The Morgan fingerprint density at radius 2 is 1.90 bits per heavy atom. The van der Waals surface area contributed by atoms with Crippen LogP contribution in [0, 0.1) is 5.92 Å². The maximum absolute atomic E-state index is 6.14. The van der Waals surface area contributed by atoms with Crippen molar-refractivity contribution in [3.63, 3.8) is 0 Å². The Kier molecular flexibility index (Phi) is 9.49. The summed E-state index contributed by atoms with van der Waals surface area (Å²) in [5.41, 5.74) is 0. The summed E-state index contributed by atoms with van der Waals surface area (Å²) in [7, 11) is 0. The van der Waals surface area contributed by atoms with E-state index >= 15 is 0 Å². The number of nitrogens with one attached hydrogen (secondary N) is 1. The zero-order valence-corrected chi connectivity index (χ0v) is 14.0. The summed E-state index contributed by atoms with van der Waals surface area (Å²) < 4.78 is 12.0. The van der Waals surface area contributed by atoms with Gasteiger partial charge in [0, 0.05) is 19.3 Å². The van der Waals surface area contributed by atoms with Gasteiger partial charge in [-0.05, 0) is 38.6 Å². The van der Waals surface area contributed by atoms with Crippen LogP contribution >= 0.6 is 0 Å². The van der Waals surface area contributed by atoms with E-state index in [0.717, 1.165) is 32.1 Å². The second kappa shape index (κ2) is 10.6. The molecule has 0 aromatic heterocycles. The van der Waals surface area contributed by atoms with Crippen molar-refractivity contribution in [1.82, 2.24) is 5.32 Å². The minimum Gasteiger partial charge on any atom is -0.375 e. The van der Waals surface area contributed by atoms with Crippen LogP contribution in [0.3, 0.4) is 0 Å². The van der Waals surface area contributed by atoms with E-state index in [9.17, 15) is 0 Å². The highest BCUT2D eigenvalue weighted by Crippen LogP contribution is 2.28. The molecule has 0 heterocycles. The molecule has 0 aromatic carbocycles. The van der Waals surface area contributed by atoms with Gasteiger partial charge in [-0.1, -0.05) is 40.0 Å². The molecule has 4 atom stereocenters. The summed E-state index contributed by atoms with van der Waals surface area (Å²) in [4.78, 5) is 0. The van der Waals surface area contributed by atoms with Crippen molar-refractivity contribution >= 4 is 0 Å². The average Bonchev–Trinajstić information content (AvgIpc) is 2.46. The summed E-state index contributed by atoms with van der Waals surface area (Å²) >= 11 is 0. The first-order valence-electron chi connectivity index (χ1n) is 8.73. The molecular formula is C17H35NO2. The van der Waals surface area contributed by atoms with Crippen molar-refractivity contribution in [2.24, 2.45) is 5.92 Å². The Balaban J connectivity index is 2.28. The van der Waals surface area contributed by atoms with Gasteiger partial charge in [0.2, 0.25) is 0 Å². The smallest absolute Gasteiger partial charge is 0.0990 e. The highest BCUT2D eigenvalue weighted by Gasteiger charge is 2.42. The van der Waals surface area contributed by atoms with Crippen molar-refractivity contribution in [1.29, 1.82) is 0 Å². The van der Waals surface area contributed by atoms with Gasteiger partial charge < -0.3 is 14.8 Å². The number of rotatable bonds is 12. The quantitative estimate of drug-likeness (QED) is 0.592. The lowest BCUT2D eigenvalue weighted by Crippen LogP contribution is -2.60. The summed E-state index contributed by atoms with van der Waals surface area (Å²) in [6, 6.07) is 0.496. The van der Waals surface area contributed by atoms with Crippen molar-refractivity contribution in [3.8, 4) is 0 Å². The normalized spacial score (nSPS) is 27.3. The predicted molar refractivity (Wildman–Crippen MR) is 85.2 cm³/mol. The van der Waals surface area contributed by atoms with Crippen LogP contribution in [0.4, 0.5) is 0 Å². The number of ether oxygens (including phenoxy) is 2. The first-order chi connectivity index (χ1) is 9.76. The van der Waals surface area contributed by atoms with E-state index in [1.807, 2.05) is 0 Å². The third-order valence-corrected chi connectivity index (χ3v) is 4.35. The van der Waals surface area contributed by atoms with Crippen LogP contribution < -0.4 is 5.32 Å². The zero-order valence-electron chi connectivity index (χ0n) is 14.0. The number of hydrogen-bond donors (Lipinski definition) is 1. The molecule has 4 unspecified atom stereocenters. The largest absolute Gasteiger partial charge is 0.375 e. The van der Waals surface area contributed by atoms with Crippen molar-refractivity contribution < 1.29 is 9.47 Å². The minimum atomic E-state index is 0.259. The Morgan fingerprint density at radius 3 is 2.50 bits per heavy atom. The molecule has 120 valence electrons. The molecule has 1 aliphatic rings. The average molecular weight is 285 g/mol. The highest BCUT2D eigenvalue weighted by atomic mass is 16.5. The zero-order chi connectivity index (χ0) is 14.8. The number of hydrogen-bond acceptors (Lipinski definition) is 3. The van der Waals surface area contributed by atoms with Crippen molar-refractivity contribution in [2.45, 2.75) is 84.5 Å². The Labute approximate surface area is 125 Å². The minimum absolute atomic E-state index is 0.259. The van der Waals surface area contributed by atoms with Crippen LogP contribution in [0.2, 0.25) is 0 Å². The monoisotopic (exact) mass is 285 g/mol. The molecule has 0 spiro atoms. The molecule has 1 fully saturated rings. The fraction of sp³-hybridized carbons (Fsp3) is 1.00. The summed E-state index contributed by atoms with van der Waals surface area (Å²) in [6.07, 6.45) is 7.98. The Hall–Kier alpha value is -0.120. The maximum atomic E-state index is 6.14.